The molecule has 1 aromatic rings. The highest BCUT2D eigenvalue weighted by molar-refractivity contribution is 6.51. The van der Waals surface area contributed by atoms with Crippen molar-refractivity contribution in [1.82, 2.24) is 0 Å². The van der Waals surface area contributed by atoms with Gasteiger partial charge in [0.15, 0.2) is 4.33 Å². The number of nitrogens with two attached hydrogens (primary N) is 2. The van der Waals surface area contributed by atoms with Crippen LogP contribution in [0.1, 0.15) is 12.0 Å². The van der Waals surface area contributed by atoms with Crippen LogP contribution in [0.3, 0.4) is 0 Å². The Morgan fingerprint density at radius 2 is 1.47 bits per heavy atom. The van der Waals surface area contributed by atoms with Crippen LogP contribution >= 0.6 is 48.0 Å². The fraction of sp³-hybridized carbons (Fsp3) is 0.167. The summed E-state index contributed by atoms with van der Waals surface area (Å²) in [5.74, 6) is 0. The van der Waals surface area contributed by atoms with Crippen LogP contribution in [0.2, 0.25) is 0 Å². The van der Waals surface area contributed by atoms with Crippen molar-refractivity contribution in [2.75, 3.05) is 5.73 Å². The van der Waals surface area contributed by atoms with Crippen molar-refractivity contribution in [3.05, 3.63) is 47.7 Å². The molecule has 0 radical (unpaired) electrons. The molecule has 1 aromatic carbocycles. The smallest absolute Gasteiger partial charge is 0.161 e. The molecule has 0 heterocycles. The molecule has 3 nitrogen and oxygen atoms in total. The second-order valence-electron chi connectivity index (χ2n) is 3.82. The maximum absolute atomic E-state index is 6.11. The summed E-state index contributed by atoms with van der Waals surface area (Å²) >= 11 is 12.2. The molecule has 0 unspecified atom stereocenters. The van der Waals surface area contributed by atoms with Crippen LogP contribution in [0, 0.1) is 0 Å². The van der Waals surface area contributed by atoms with Crippen LogP contribution in [0.15, 0.2) is 42.1 Å². The van der Waals surface area contributed by atoms with Gasteiger partial charge in [0.2, 0.25) is 0 Å². The first-order chi connectivity index (χ1) is 7.49. The standard InChI is InChI=1S/C12H12Cl2N2.2ClH.H2O/c13-12(14)7-9(3-6-11(12)16)8-1-4-10(15)5-2-8;;;/h1-6H,7,15-16H2;2*1H;1H2. The van der Waals surface area contributed by atoms with Gasteiger partial charge in [0.1, 0.15) is 0 Å². The highest BCUT2D eigenvalue weighted by Crippen LogP contribution is 2.40. The van der Waals surface area contributed by atoms with Gasteiger partial charge in [0.25, 0.3) is 0 Å². The fourth-order valence-electron chi connectivity index (χ4n) is 1.61. The van der Waals surface area contributed by atoms with Gasteiger partial charge in [-0.2, -0.15) is 0 Å². The number of allylic oxidation sites excluding steroid dienone is 4. The number of hydrogen-bond donors (Lipinski definition) is 2. The molecule has 0 saturated carbocycles. The lowest BCUT2D eigenvalue weighted by Crippen LogP contribution is -2.25. The second kappa shape index (κ2) is 7.88. The summed E-state index contributed by atoms with van der Waals surface area (Å²) in [6.07, 6.45) is 4.18. The first kappa shape index (κ1) is 20.7. The summed E-state index contributed by atoms with van der Waals surface area (Å²) < 4.78 is -1.01. The number of alkyl halides is 2. The minimum Gasteiger partial charge on any atom is -0.412 e. The van der Waals surface area contributed by atoms with E-state index in [1.807, 2.05) is 30.3 Å². The molecule has 2 rings (SSSR count). The fourth-order valence-corrected chi connectivity index (χ4v) is 2.02. The van der Waals surface area contributed by atoms with Gasteiger partial charge in [-0.1, -0.05) is 41.4 Å². The topological polar surface area (TPSA) is 83.5 Å². The Labute approximate surface area is 134 Å². The van der Waals surface area contributed by atoms with E-state index < -0.39 is 4.33 Å². The van der Waals surface area contributed by atoms with Crippen LogP contribution in [-0.2, 0) is 0 Å². The molecule has 0 fully saturated rings. The average Bonchev–Trinajstić information content (AvgIpc) is 2.23. The first-order valence-corrected chi connectivity index (χ1v) is 5.65. The molecule has 0 aliphatic heterocycles. The molecule has 19 heavy (non-hydrogen) atoms. The van der Waals surface area contributed by atoms with E-state index >= 15 is 0 Å². The number of anilines is 1. The summed E-state index contributed by atoms with van der Waals surface area (Å²) in [5.41, 5.74) is 14.7. The summed E-state index contributed by atoms with van der Waals surface area (Å²) in [6.45, 7) is 0. The number of hydrogen-bond acceptors (Lipinski definition) is 2. The van der Waals surface area contributed by atoms with Crippen LogP contribution in [0.5, 0.6) is 0 Å². The second-order valence-corrected chi connectivity index (χ2v) is 5.30. The zero-order valence-electron chi connectivity index (χ0n) is 9.90. The van der Waals surface area contributed by atoms with Gasteiger partial charge >= 0.3 is 0 Å². The molecule has 7 heteroatoms. The summed E-state index contributed by atoms with van der Waals surface area (Å²) in [7, 11) is 0. The van der Waals surface area contributed by atoms with Gasteiger partial charge in [-0.15, -0.1) is 24.8 Å². The third-order valence-electron chi connectivity index (χ3n) is 2.58. The van der Waals surface area contributed by atoms with E-state index in [2.05, 4.69) is 0 Å². The molecular weight excluding hydrogens is 330 g/mol. The van der Waals surface area contributed by atoms with Crippen LogP contribution in [-0.4, -0.2) is 9.81 Å². The molecule has 0 spiro atoms. The quantitative estimate of drug-likeness (QED) is 0.605. The zero-order valence-corrected chi connectivity index (χ0v) is 13.0. The van der Waals surface area contributed by atoms with Crippen molar-refractivity contribution in [2.24, 2.45) is 5.73 Å². The Morgan fingerprint density at radius 1 is 0.947 bits per heavy atom. The van der Waals surface area contributed by atoms with E-state index in [9.17, 15) is 0 Å². The third kappa shape index (κ3) is 4.79. The molecule has 1 aliphatic carbocycles. The van der Waals surface area contributed by atoms with E-state index in [1.54, 1.807) is 6.08 Å². The minimum atomic E-state index is -1.01. The number of rotatable bonds is 1. The Kier molecular flexibility index (Phi) is 8.59. The average molecular weight is 346 g/mol. The van der Waals surface area contributed by atoms with Gasteiger partial charge < -0.3 is 16.9 Å². The molecule has 0 atom stereocenters. The van der Waals surface area contributed by atoms with E-state index in [4.69, 9.17) is 34.7 Å². The third-order valence-corrected chi connectivity index (χ3v) is 3.28. The van der Waals surface area contributed by atoms with E-state index in [-0.39, 0.29) is 30.3 Å². The molecule has 6 N–H and O–H groups in total. The monoisotopic (exact) mass is 344 g/mol. The molecule has 1 aliphatic rings. The van der Waals surface area contributed by atoms with Crippen molar-refractivity contribution >= 4 is 59.3 Å². The Morgan fingerprint density at radius 3 is 1.95 bits per heavy atom. The molecular formula is C12H16Cl4N2O. The Balaban J connectivity index is 0. The highest BCUT2D eigenvalue weighted by atomic mass is 35.5. The van der Waals surface area contributed by atoms with E-state index in [0.717, 1.165) is 16.8 Å². The van der Waals surface area contributed by atoms with Crippen LogP contribution < -0.4 is 11.5 Å². The molecule has 0 amide bonds. The number of nitrogen functional groups attached to an aromatic ring is 1. The maximum atomic E-state index is 6.11. The van der Waals surface area contributed by atoms with Crippen LogP contribution in [0.4, 0.5) is 5.69 Å². The minimum absolute atomic E-state index is 0. The largest absolute Gasteiger partial charge is 0.412 e. The highest BCUT2D eigenvalue weighted by Gasteiger charge is 2.31. The lowest BCUT2D eigenvalue weighted by Gasteiger charge is -2.25. The molecule has 0 saturated heterocycles. The normalized spacial score (nSPS) is 15.9. The first-order valence-electron chi connectivity index (χ1n) is 4.89. The SMILES string of the molecule is Cl.Cl.NC1=CC=C(c2ccc(N)cc2)CC1(Cl)Cl.O. The predicted molar refractivity (Wildman–Crippen MR) is 88.3 cm³/mol. The molecule has 0 bridgehead atoms. The van der Waals surface area contributed by atoms with Crippen molar-refractivity contribution in [3.8, 4) is 0 Å². The molecule has 108 valence electrons. The lowest BCUT2D eigenvalue weighted by molar-refractivity contribution is 0.824. The van der Waals surface area contributed by atoms with Gasteiger partial charge in [-0.05, 0) is 29.3 Å². The predicted octanol–water partition coefficient (Wildman–Crippen LogP) is 3.09. The van der Waals surface area contributed by atoms with E-state index in [1.165, 1.54) is 0 Å². The Hall–Kier alpha value is -0.580. The summed E-state index contributed by atoms with van der Waals surface area (Å²) in [6, 6.07) is 7.59. The van der Waals surface area contributed by atoms with Gasteiger partial charge in [-0.25, -0.2) is 0 Å². The van der Waals surface area contributed by atoms with Crippen molar-refractivity contribution < 1.29 is 5.48 Å². The number of benzene rings is 1. The van der Waals surface area contributed by atoms with Crippen LogP contribution in [0.25, 0.3) is 5.57 Å². The Bertz CT molecular complexity index is 469. The van der Waals surface area contributed by atoms with Gasteiger partial charge in [-0.3, -0.25) is 0 Å². The van der Waals surface area contributed by atoms with Gasteiger partial charge in [0.05, 0.1) is 0 Å². The van der Waals surface area contributed by atoms with Gasteiger partial charge in [0, 0.05) is 17.8 Å². The summed E-state index contributed by atoms with van der Waals surface area (Å²) in [5, 5.41) is 0. The molecule has 0 aromatic heterocycles. The maximum Gasteiger partial charge on any atom is 0.161 e. The van der Waals surface area contributed by atoms with E-state index in [0.29, 0.717) is 12.1 Å². The lowest BCUT2D eigenvalue weighted by atomic mass is 9.95. The van der Waals surface area contributed by atoms with Crippen molar-refractivity contribution in [3.63, 3.8) is 0 Å². The van der Waals surface area contributed by atoms with Crippen molar-refractivity contribution in [2.45, 2.75) is 10.8 Å². The van der Waals surface area contributed by atoms with Crippen molar-refractivity contribution in [1.29, 1.82) is 0 Å². The zero-order chi connectivity index (χ0) is 11.8. The summed E-state index contributed by atoms with van der Waals surface area (Å²) in [4.78, 5) is 0. The number of halogens is 4.